The van der Waals surface area contributed by atoms with E-state index in [1.54, 1.807) is 6.07 Å². The first kappa shape index (κ1) is 16.9. The third-order valence-corrected chi connectivity index (χ3v) is 4.61. The molecule has 1 saturated heterocycles. The molecule has 0 bridgehead atoms. The Morgan fingerprint density at radius 1 is 1.38 bits per heavy atom. The molecule has 2 unspecified atom stereocenters. The van der Waals surface area contributed by atoms with Crippen LogP contribution in [0.5, 0.6) is 0 Å². The highest BCUT2D eigenvalue weighted by atomic mass is 79.9. The van der Waals surface area contributed by atoms with Crippen LogP contribution in [-0.4, -0.2) is 30.1 Å². The summed E-state index contributed by atoms with van der Waals surface area (Å²) < 4.78 is 14.4. The van der Waals surface area contributed by atoms with Gasteiger partial charge < -0.3 is 5.32 Å². The molecule has 2 rings (SSSR count). The molecular weight excluding hydrogens is 331 g/mol. The Balaban J connectivity index is 2.06. The van der Waals surface area contributed by atoms with Crippen LogP contribution in [0.25, 0.3) is 0 Å². The van der Waals surface area contributed by atoms with Gasteiger partial charge in [-0.05, 0) is 42.5 Å². The smallest absolute Gasteiger partial charge is 0.124 e. The quantitative estimate of drug-likeness (QED) is 0.850. The van der Waals surface area contributed by atoms with E-state index in [2.05, 4.69) is 46.9 Å². The summed E-state index contributed by atoms with van der Waals surface area (Å²) in [6, 6.07) is 6.27. The zero-order chi connectivity index (χ0) is 15.4. The second kappa shape index (κ2) is 7.70. The zero-order valence-electron chi connectivity index (χ0n) is 13.2. The average Bonchev–Trinajstić information content (AvgIpc) is 2.37. The SMILES string of the molecule is CCC1CNC(CC(C)C)CN1Cc1cc(F)cc(Br)c1. The van der Waals surface area contributed by atoms with E-state index in [0.29, 0.717) is 18.0 Å². The molecule has 1 heterocycles. The lowest BCUT2D eigenvalue weighted by Gasteiger charge is -2.40. The third kappa shape index (κ3) is 5.04. The molecule has 2 atom stereocenters. The molecule has 1 aliphatic rings. The van der Waals surface area contributed by atoms with Gasteiger partial charge in [-0.25, -0.2) is 4.39 Å². The van der Waals surface area contributed by atoms with Crippen LogP contribution in [0, 0.1) is 11.7 Å². The highest BCUT2D eigenvalue weighted by molar-refractivity contribution is 9.10. The second-order valence-corrected chi connectivity index (χ2v) is 7.42. The van der Waals surface area contributed by atoms with Gasteiger partial charge in [-0.3, -0.25) is 4.90 Å². The number of hydrogen-bond donors (Lipinski definition) is 1. The lowest BCUT2D eigenvalue weighted by molar-refractivity contribution is 0.111. The Morgan fingerprint density at radius 2 is 2.14 bits per heavy atom. The van der Waals surface area contributed by atoms with Crippen molar-refractivity contribution in [2.75, 3.05) is 13.1 Å². The summed E-state index contributed by atoms with van der Waals surface area (Å²) in [6.45, 7) is 9.66. The van der Waals surface area contributed by atoms with Crippen molar-refractivity contribution < 1.29 is 4.39 Å². The maximum atomic E-state index is 13.5. The predicted octanol–water partition coefficient (Wildman–Crippen LogP) is 4.19. The lowest BCUT2D eigenvalue weighted by atomic mass is 9.98. The van der Waals surface area contributed by atoms with Crippen molar-refractivity contribution in [2.45, 2.75) is 52.2 Å². The highest BCUT2D eigenvalue weighted by Crippen LogP contribution is 2.21. The number of rotatable bonds is 5. The Kier molecular flexibility index (Phi) is 6.20. The summed E-state index contributed by atoms with van der Waals surface area (Å²) in [4.78, 5) is 2.50. The van der Waals surface area contributed by atoms with Crippen LogP contribution in [0.3, 0.4) is 0 Å². The fourth-order valence-electron chi connectivity index (χ4n) is 3.19. The summed E-state index contributed by atoms with van der Waals surface area (Å²) in [5.41, 5.74) is 1.05. The van der Waals surface area contributed by atoms with Gasteiger partial charge in [0, 0.05) is 36.2 Å². The van der Waals surface area contributed by atoms with Gasteiger partial charge in [0.05, 0.1) is 0 Å². The number of nitrogens with zero attached hydrogens (tertiary/aromatic N) is 1. The van der Waals surface area contributed by atoms with Crippen LogP contribution in [0.15, 0.2) is 22.7 Å². The molecule has 2 nitrogen and oxygen atoms in total. The van der Waals surface area contributed by atoms with Crippen LogP contribution in [0.2, 0.25) is 0 Å². The molecule has 0 spiro atoms. The number of halogens is 2. The summed E-state index contributed by atoms with van der Waals surface area (Å²) >= 11 is 3.38. The molecule has 0 aliphatic carbocycles. The first-order chi connectivity index (χ1) is 9.97. The van der Waals surface area contributed by atoms with Gasteiger partial charge in [-0.1, -0.05) is 36.7 Å². The molecule has 0 aromatic heterocycles. The monoisotopic (exact) mass is 356 g/mol. The predicted molar refractivity (Wildman–Crippen MR) is 89.8 cm³/mol. The molecular formula is C17H26BrFN2. The van der Waals surface area contributed by atoms with Gasteiger partial charge in [-0.2, -0.15) is 0 Å². The van der Waals surface area contributed by atoms with E-state index in [1.807, 2.05) is 6.07 Å². The number of benzene rings is 1. The van der Waals surface area contributed by atoms with E-state index in [0.717, 1.165) is 36.1 Å². The molecule has 1 aromatic carbocycles. The van der Waals surface area contributed by atoms with E-state index >= 15 is 0 Å². The number of hydrogen-bond acceptors (Lipinski definition) is 2. The molecule has 21 heavy (non-hydrogen) atoms. The summed E-state index contributed by atoms with van der Waals surface area (Å²) in [5.74, 6) is 0.534. The van der Waals surface area contributed by atoms with Gasteiger partial charge in [-0.15, -0.1) is 0 Å². The van der Waals surface area contributed by atoms with Gasteiger partial charge in [0.15, 0.2) is 0 Å². The van der Waals surface area contributed by atoms with E-state index in [1.165, 1.54) is 12.5 Å². The number of piperazine rings is 1. The normalized spacial score (nSPS) is 23.7. The Bertz CT molecular complexity index is 444. The molecule has 1 fully saturated rings. The molecule has 1 aromatic rings. The zero-order valence-corrected chi connectivity index (χ0v) is 14.8. The molecule has 0 radical (unpaired) electrons. The topological polar surface area (TPSA) is 15.3 Å². The van der Waals surface area contributed by atoms with E-state index < -0.39 is 0 Å². The largest absolute Gasteiger partial charge is 0.311 e. The average molecular weight is 357 g/mol. The molecule has 1 N–H and O–H groups in total. The van der Waals surface area contributed by atoms with Crippen LogP contribution in [0.1, 0.15) is 39.2 Å². The van der Waals surface area contributed by atoms with Crippen molar-refractivity contribution >= 4 is 15.9 Å². The van der Waals surface area contributed by atoms with Gasteiger partial charge in [0.1, 0.15) is 5.82 Å². The fraction of sp³-hybridized carbons (Fsp3) is 0.647. The Labute approximate surface area is 136 Å². The maximum Gasteiger partial charge on any atom is 0.124 e. The third-order valence-electron chi connectivity index (χ3n) is 4.15. The van der Waals surface area contributed by atoms with Gasteiger partial charge in [0.25, 0.3) is 0 Å². The standard InChI is InChI=1S/C17H26BrFN2/c1-4-17-9-20-16(5-12(2)3)11-21(17)10-13-6-14(18)8-15(19)7-13/h6-8,12,16-17,20H,4-5,9-11H2,1-3H3. The van der Waals surface area contributed by atoms with Gasteiger partial charge >= 0.3 is 0 Å². The van der Waals surface area contributed by atoms with Crippen molar-refractivity contribution in [1.82, 2.24) is 10.2 Å². The summed E-state index contributed by atoms with van der Waals surface area (Å²) in [6.07, 6.45) is 2.32. The minimum atomic E-state index is -0.165. The lowest BCUT2D eigenvalue weighted by Crippen LogP contribution is -2.56. The van der Waals surface area contributed by atoms with Crippen molar-refractivity contribution in [1.29, 1.82) is 0 Å². The van der Waals surface area contributed by atoms with Crippen LogP contribution < -0.4 is 5.32 Å². The summed E-state index contributed by atoms with van der Waals surface area (Å²) in [7, 11) is 0. The fourth-order valence-corrected chi connectivity index (χ4v) is 3.70. The van der Waals surface area contributed by atoms with Crippen LogP contribution in [-0.2, 0) is 6.54 Å². The van der Waals surface area contributed by atoms with Crippen molar-refractivity contribution in [3.63, 3.8) is 0 Å². The summed E-state index contributed by atoms with van der Waals surface area (Å²) in [5, 5.41) is 3.66. The molecule has 0 amide bonds. The first-order valence-corrected chi connectivity index (χ1v) is 8.69. The van der Waals surface area contributed by atoms with E-state index in [4.69, 9.17) is 0 Å². The van der Waals surface area contributed by atoms with E-state index in [-0.39, 0.29) is 5.82 Å². The first-order valence-electron chi connectivity index (χ1n) is 7.90. The second-order valence-electron chi connectivity index (χ2n) is 6.50. The van der Waals surface area contributed by atoms with Crippen LogP contribution >= 0.6 is 15.9 Å². The molecule has 118 valence electrons. The minimum Gasteiger partial charge on any atom is -0.311 e. The number of nitrogens with one attached hydrogen (secondary N) is 1. The molecule has 1 aliphatic heterocycles. The van der Waals surface area contributed by atoms with Gasteiger partial charge in [0.2, 0.25) is 0 Å². The van der Waals surface area contributed by atoms with E-state index in [9.17, 15) is 4.39 Å². The highest BCUT2D eigenvalue weighted by Gasteiger charge is 2.27. The van der Waals surface area contributed by atoms with Crippen molar-refractivity contribution in [3.05, 3.63) is 34.1 Å². The van der Waals surface area contributed by atoms with Crippen LogP contribution in [0.4, 0.5) is 4.39 Å². The van der Waals surface area contributed by atoms with Crippen molar-refractivity contribution in [2.24, 2.45) is 5.92 Å². The maximum absolute atomic E-state index is 13.5. The minimum absolute atomic E-state index is 0.165. The molecule has 0 saturated carbocycles. The van der Waals surface area contributed by atoms with Crippen molar-refractivity contribution in [3.8, 4) is 0 Å². The molecule has 4 heteroatoms. The Hall–Kier alpha value is -0.450. The Morgan fingerprint density at radius 3 is 2.76 bits per heavy atom.